The molecule has 0 N–H and O–H groups in total. The zero-order chi connectivity index (χ0) is 18.3. The van der Waals surface area contributed by atoms with E-state index in [1.54, 1.807) is 17.0 Å². The maximum atomic E-state index is 12.8. The Morgan fingerprint density at radius 2 is 1.73 bits per heavy atom. The second-order valence-electron chi connectivity index (χ2n) is 6.68. The summed E-state index contributed by atoms with van der Waals surface area (Å²) < 4.78 is 17.8. The van der Waals surface area contributed by atoms with Gasteiger partial charge in [0.05, 0.1) is 33.1 Å². The van der Waals surface area contributed by atoms with Crippen LogP contribution in [0.5, 0.6) is 17.2 Å². The molecule has 26 heavy (non-hydrogen) atoms. The Kier molecular flexibility index (Phi) is 4.18. The Bertz CT molecular complexity index is 799. The molecule has 2 fully saturated rings. The molecule has 1 aromatic carbocycles. The molecule has 1 aromatic heterocycles. The summed E-state index contributed by atoms with van der Waals surface area (Å²) in [4.78, 5) is 14.6. The number of nitrogens with zero attached hydrogens (tertiary/aromatic N) is 4. The zero-order valence-corrected chi connectivity index (χ0v) is 15.1. The van der Waals surface area contributed by atoms with Crippen molar-refractivity contribution in [2.24, 2.45) is 0 Å². The Hall–Kier alpha value is -2.77. The van der Waals surface area contributed by atoms with Crippen molar-refractivity contribution in [3.05, 3.63) is 29.6 Å². The fraction of sp³-hybridized carbons (Fsp3) is 0.500. The molecule has 1 saturated carbocycles. The van der Waals surface area contributed by atoms with Gasteiger partial charge in [-0.3, -0.25) is 4.79 Å². The van der Waals surface area contributed by atoms with Crippen molar-refractivity contribution in [3.8, 4) is 17.2 Å². The van der Waals surface area contributed by atoms with Crippen molar-refractivity contribution in [2.45, 2.75) is 24.8 Å². The molecule has 0 spiro atoms. The van der Waals surface area contributed by atoms with Crippen molar-refractivity contribution in [2.75, 3.05) is 34.4 Å². The Morgan fingerprint density at radius 3 is 2.27 bits per heavy atom. The molecule has 2 aliphatic rings. The zero-order valence-electron chi connectivity index (χ0n) is 15.1. The lowest BCUT2D eigenvalue weighted by molar-refractivity contribution is 0.0497. The fourth-order valence-electron chi connectivity index (χ4n) is 3.21. The molecule has 1 aliphatic heterocycles. The number of rotatable bonds is 6. The van der Waals surface area contributed by atoms with Crippen LogP contribution in [0.3, 0.4) is 0 Å². The summed E-state index contributed by atoms with van der Waals surface area (Å²) in [6.45, 7) is 1.23. The number of aromatic nitrogens is 3. The fourth-order valence-corrected chi connectivity index (χ4v) is 3.21. The number of benzene rings is 1. The van der Waals surface area contributed by atoms with Crippen LogP contribution >= 0.6 is 0 Å². The summed E-state index contributed by atoms with van der Waals surface area (Å²) in [6, 6.07) is 3.54. The second-order valence-corrected chi connectivity index (χ2v) is 6.68. The van der Waals surface area contributed by atoms with Gasteiger partial charge in [-0.1, -0.05) is 5.21 Å². The van der Waals surface area contributed by atoms with Gasteiger partial charge in [-0.25, -0.2) is 4.68 Å². The van der Waals surface area contributed by atoms with Crippen LogP contribution in [-0.2, 0) is 0 Å². The van der Waals surface area contributed by atoms with E-state index in [1.165, 1.54) is 34.2 Å². The summed E-state index contributed by atoms with van der Waals surface area (Å²) in [5.74, 6) is 1.93. The highest BCUT2D eigenvalue weighted by molar-refractivity contribution is 5.96. The first-order chi connectivity index (χ1) is 12.6. The van der Waals surface area contributed by atoms with Crippen LogP contribution in [0.15, 0.2) is 18.3 Å². The number of carbonyl (C=O) groups is 1. The van der Waals surface area contributed by atoms with Gasteiger partial charge in [0.2, 0.25) is 5.75 Å². The molecule has 1 aliphatic carbocycles. The third-order valence-electron chi connectivity index (χ3n) is 4.96. The maximum absolute atomic E-state index is 12.8. The normalized spacial score (nSPS) is 17.0. The molecule has 2 heterocycles. The van der Waals surface area contributed by atoms with Gasteiger partial charge >= 0.3 is 0 Å². The van der Waals surface area contributed by atoms with E-state index in [-0.39, 0.29) is 11.9 Å². The molecule has 1 amide bonds. The van der Waals surface area contributed by atoms with E-state index in [2.05, 4.69) is 10.3 Å². The number of hydrogen-bond acceptors (Lipinski definition) is 6. The predicted octanol–water partition coefficient (Wildman–Crippen LogP) is 1.88. The molecule has 0 unspecified atom stereocenters. The Balaban J connectivity index is 1.46. The van der Waals surface area contributed by atoms with Gasteiger partial charge in [0.15, 0.2) is 11.5 Å². The minimum Gasteiger partial charge on any atom is -0.493 e. The average Bonchev–Trinajstić information content (AvgIpc) is 3.37. The van der Waals surface area contributed by atoms with E-state index in [0.717, 1.165) is 5.69 Å². The minimum atomic E-state index is -0.0666. The standard InChI is InChI=1S/C18H22N4O4/c1-24-15-6-12(7-16(25-2)17(15)26-3)18(23)21-8-13(9-21)22-10-14(19-20-22)11-4-5-11/h6-7,10-11,13H,4-5,8-9H2,1-3H3. The maximum Gasteiger partial charge on any atom is 0.254 e. The van der Waals surface area contributed by atoms with Gasteiger partial charge in [0.1, 0.15) is 0 Å². The van der Waals surface area contributed by atoms with Crippen LogP contribution in [0.25, 0.3) is 0 Å². The van der Waals surface area contributed by atoms with E-state index in [0.29, 0.717) is 41.8 Å². The van der Waals surface area contributed by atoms with Gasteiger partial charge in [-0.2, -0.15) is 0 Å². The van der Waals surface area contributed by atoms with Gasteiger partial charge < -0.3 is 19.1 Å². The molecule has 138 valence electrons. The molecular weight excluding hydrogens is 336 g/mol. The number of carbonyl (C=O) groups excluding carboxylic acids is 1. The Morgan fingerprint density at radius 1 is 1.08 bits per heavy atom. The molecule has 0 radical (unpaired) electrons. The highest BCUT2D eigenvalue weighted by Crippen LogP contribution is 2.40. The number of ether oxygens (including phenoxy) is 3. The van der Waals surface area contributed by atoms with Crippen LogP contribution in [0.2, 0.25) is 0 Å². The SMILES string of the molecule is COc1cc(C(=O)N2CC(n3cc(C4CC4)nn3)C2)cc(OC)c1OC. The topological polar surface area (TPSA) is 78.7 Å². The first-order valence-electron chi connectivity index (χ1n) is 8.65. The van der Waals surface area contributed by atoms with Gasteiger partial charge in [0.25, 0.3) is 5.91 Å². The predicted molar refractivity (Wildman–Crippen MR) is 93.0 cm³/mol. The third-order valence-corrected chi connectivity index (χ3v) is 4.96. The van der Waals surface area contributed by atoms with Crippen molar-refractivity contribution in [3.63, 3.8) is 0 Å². The van der Waals surface area contributed by atoms with E-state index in [9.17, 15) is 4.79 Å². The highest BCUT2D eigenvalue weighted by atomic mass is 16.5. The number of hydrogen-bond donors (Lipinski definition) is 0. The molecule has 0 bridgehead atoms. The largest absolute Gasteiger partial charge is 0.493 e. The van der Waals surface area contributed by atoms with Crippen molar-refractivity contribution < 1.29 is 19.0 Å². The van der Waals surface area contributed by atoms with E-state index < -0.39 is 0 Å². The van der Waals surface area contributed by atoms with Crippen LogP contribution in [0.4, 0.5) is 0 Å². The minimum absolute atomic E-state index is 0.0666. The summed E-state index contributed by atoms with van der Waals surface area (Å²) in [6.07, 6.45) is 4.42. The highest BCUT2D eigenvalue weighted by Gasteiger charge is 2.35. The molecule has 4 rings (SSSR count). The van der Waals surface area contributed by atoms with E-state index in [4.69, 9.17) is 14.2 Å². The van der Waals surface area contributed by atoms with Crippen LogP contribution < -0.4 is 14.2 Å². The lowest BCUT2D eigenvalue weighted by Gasteiger charge is -2.39. The van der Waals surface area contributed by atoms with Crippen molar-refractivity contribution in [1.29, 1.82) is 0 Å². The molecule has 8 heteroatoms. The van der Waals surface area contributed by atoms with E-state index >= 15 is 0 Å². The van der Waals surface area contributed by atoms with Crippen molar-refractivity contribution >= 4 is 5.91 Å². The van der Waals surface area contributed by atoms with Gasteiger partial charge in [-0.15, -0.1) is 5.10 Å². The first kappa shape index (κ1) is 16.7. The van der Waals surface area contributed by atoms with Crippen LogP contribution in [0.1, 0.15) is 40.9 Å². The summed E-state index contributed by atoms with van der Waals surface area (Å²) in [5.41, 5.74) is 1.58. The lowest BCUT2D eigenvalue weighted by atomic mass is 10.1. The molecule has 0 atom stereocenters. The number of amides is 1. The smallest absolute Gasteiger partial charge is 0.254 e. The molecule has 2 aromatic rings. The average molecular weight is 358 g/mol. The lowest BCUT2D eigenvalue weighted by Crippen LogP contribution is -2.50. The summed E-state index contributed by atoms with van der Waals surface area (Å²) >= 11 is 0. The first-order valence-corrected chi connectivity index (χ1v) is 8.65. The molecule has 1 saturated heterocycles. The summed E-state index contributed by atoms with van der Waals surface area (Å²) in [7, 11) is 4.61. The third kappa shape index (κ3) is 2.85. The van der Waals surface area contributed by atoms with Gasteiger partial charge in [-0.05, 0) is 25.0 Å². The number of likely N-dealkylation sites (tertiary alicyclic amines) is 1. The van der Waals surface area contributed by atoms with Gasteiger partial charge in [0, 0.05) is 30.8 Å². The summed E-state index contributed by atoms with van der Waals surface area (Å²) in [5, 5.41) is 8.45. The number of methoxy groups -OCH3 is 3. The second kappa shape index (κ2) is 6.51. The molecule has 8 nitrogen and oxygen atoms in total. The van der Waals surface area contributed by atoms with Crippen LogP contribution in [-0.4, -0.2) is 60.2 Å². The molecular formula is C18H22N4O4. The Labute approximate surface area is 151 Å². The quantitative estimate of drug-likeness (QED) is 0.784. The van der Waals surface area contributed by atoms with E-state index in [1.807, 2.05) is 10.9 Å². The van der Waals surface area contributed by atoms with Crippen LogP contribution in [0, 0.1) is 0 Å². The van der Waals surface area contributed by atoms with Crippen molar-refractivity contribution in [1.82, 2.24) is 19.9 Å². The monoisotopic (exact) mass is 358 g/mol.